The average molecular weight is 432 g/mol. The van der Waals surface area contributed by atoms with Gasteiger partial charge in [-0.2, -0.15) is 0 Å². The van der Waals surface area contributed by atoms with Gasteiger partial charge in [0.15, 0.2) is 5.69 Å². The highest BCUT2D eigenvalue weighted by Gasteiger charge is 2.31. The van der Waals surface area contributed by atoms with Crippen LogP contribution in [0.2, 0.25) is 0 Å². The molecule has 2 fully saturated rings. The summed E-state index contributed by atoms with van der Waals surface area (Å²) in [4.78, 5) is 20.8. The highest BCUT2D eigenvalue weighted by atomic mass is 16.5. The highest BCUT2D eigenvalue weighted by molar-refractivity contribution is 5.92. The van der Waals surface area contributed by atoms with Crippen molar-refractivity contribution in [2.24, 2.45) is 0 Å². The lowest BCUT2D eigenvalue weighted by Gasteiger charge is -2.26. The van der Waals surface area contributed by atoms with Crippen LogP contribution in [0.4, 0.5) is 5.69 Å². The Labute approximate surface area is 188 Å². The van der Waals surface area contributed by atoms with Gasteiger partial charge >= 0.3 is 5.97 Å². The van der Waals surface area contributed by atoms with E-state index >= 15 is 0 Å². The number of fused-ring (bicyclic) bond motifs is 1. The van der Waals surface area contributed by atoms with E-state index in [1.165, 1.54) is 30.3 Å². The van der Waals surface area contributed by atoms with Crippen molar-refractivity contribution in [2.75, 3.05) is 18.5 Å². The highest BCUT2D eigenvalue weighted by Crippen LogP contribution is 2.45. The minimum atomic E-state index is -1.04. The normalized spacial score (nSPS) is 19.6. The predicted octanol–water partition coefficient (Wildman–Crippen LogP) is 5.58. The molecule has 1 saturated heterocycles. The van der Waals surface area contributed by atoms with Crippen molar-refractivity contribution in [3.63, 3.8) is 0 Å². The van der Waals surface area contributed by atoms with Gasteiger partial charge in [0.1, 0.15) is 0 Å². The van der Waals surface area contributed by atoms with Crippen LogP contribution in [-0.4, -0.2) is 34.3 Å². The third-order valence-electron chi connectivity index (χ3n) is 6.58. The van der Waals surface area contributed by atoms with E-state index < -0.39 is 5.97 Å². The second-order valence-corrected chi connectivity index (χ2v) is 9.14. The Morgan fingerprint density at radius 2 is 2.06 bits per heavy atom. The maximum atomic E-state index is 11.6. The first-order valence-corrected chi connectivity index (χ1v) is 11.5. The van der Waals surface area contributed by atoms with Crippen LogP contribution >= 0.6 is 0 Å². The molecule has 32 heavy (non-hydrogen) atoms. The van der Waals surface area contributed by atoms with Crippen molar-refractivity contribution in [1.82, 2.24) is 9.97 Å². The summed E-state index contributed by atoms with van der Waals surface area (Å²) in [5, 5.41) is 14.0. The van der Waals surface area contributed by atoms with Crippen LogP contribution in [0.1, 0.15) is 83.4 Å². The maximum Gasteiger partial charge on any atom is 0.356 e. The van der Waals surface area contributed by atoms with Crippen LogP contribution in [0, 0.1) is 6.92 Å². The smallest absolute Gasteiger partial charge is 0.356 e. The first-order valence-electron chi connectivity index (χ1n) is 11.5. The summed E-state index contributed by atoms with van der Waals surface area (Å²) in [6, 6.07) is 10.1. The molecule has 2 aliphatic rings. The van der Waals surface area contributed by atoms with E-state index in [-0.39, 0.29) is 11.7 Å². The Hall–Kier alpha value is -2.99. The summed E-state index contributed by atoms with van der Waals surface area (Å²) in [5.74, 6) is -0.0697. The molecule has 3 aromatic rings. The van der Waals surface area contributed by atoms with Crippen molar-refractivity contribution in [3.05, 3.63) is 64.6 Å². The van der Waals surface area contributed by atoms with E-state index in [4.69, 9.17) is 9.72 Å². The molecule has 0 radical (unpaired) electrons. The molecule has 0 bridgehead atoms. The molecule has 1 saturated carbocycles. The summed E-state index contributed by atoms with van der Waals surface area (Å²) in [5.41, 5.74) is 6.42. The van der Waals surface area contributed by atoms with Gasteiger partial charge in [0, 0.05) is 41.8 Å². The fourth-order valence-electron chi connectivity index (χ4n) is 4.84. The zero-order chi connectivity index (χ0) is 22.2. The summed E-state index contributed by atoms with van der Waals surface area (Å²) < 4.78 is 5.81. The first kappa shape index (κ1) is 20.9. The molecular formula is C26H29N3O3. The molecule has 5 rings (SSSR count). The number of aryl methyl sites for hydroxylation is 1. The second-order valence-electron chi connectivity index (χ2n) is 9.14. The number of rotatable bonds is 6. The number of hydrogen-bond donors (Lipinski definition) is 2. The molecule has 6 heteroatoms. The van der Waals surface area contributed by atoms with Gasteiger partial charge in [0.05, 0.1) is 17.8 Å². The number of hydrogen-bond acceptors (Lipinski definition) is 5. The molecule has 0 amide bonds. The lowest BCUT2D eigenvalue weighted by Crippen LogP contribution is -2.18. The number of aromatic carboxylic acids is 1. The second kappa shape index (κ2) is 8.51. The van der Waals surface area contributed by atoms with E-state index in [1.807, 2.05) is 0 Å². The van der Waals surface area contributed by atoms with Crippen molar-refractivity contribution < 1.29 is 14.6 Å². The minimum Gasteiger partial charge on any atom is -0.476 e. The molecule has 166 valence electrons. The Morgan fingerprint density at radius 1 is 1.22 bits per heavy atom. The molecule has 2 N–H and O–H groups in total. The predicted molar refractivity (Wildman–Crippen MR) is 124 cm³/mol. The molecule has 6 nitrogen and oxygen atoms in total. The zero-order valence-corrected chi connectivity index (χ0v) is 18.6. The molecular weight excluding hydrogens is 402 g/mol. The van der Waals surface area contributed by atoms with E-state index in [1.54, 1.807) is 12.1 Å². The van der Waals surface area contributed by atoms with Crippen molar-refractivity contribution in [2.45, 2.75) is 57.4 Å². The molecule has 0 spiro atoms. The number of nitrogens with zero attached hydrogens (tertiary/aromatic N) is 2. The topological polar surface area (TPSA) is 84.3 Å². The number of aromatic nitrogens is 2. The number of carboxylic acid groups (broad SMARTS) is 1. The third-order valence-corrected chi connectivity index (χ3v) is 6.58. The van der Waals surface area contributed by atoms with Crippen LogP contribution in [0.25, 0.3) is 10.9 Å². The van der Waals surface area contributed by atoms with Crippen LogP contribution in [0.15, 0.2) is 36.5 Å². The van der Waals surface area contributed by atoms with Crippen molar-refractivity contribution in [1.29, 1.82) is 0 Å². The van der Waals surface area contributed by atoms with E-state index in [9.17, 15) is 9.90 Å². The number of carboxylic acids is 1. The number of carbonyl (C=O) groups is 1. The number of anilines is 1. The SMILES string of the molecule is Cc1cc([C@@H](C)Nc2cccnc2C(=O)O)c2cc(C3CCCOC3)c(C3CC3)nc2c1. The van der Waals surface area contributed by atoms with Crippen LogP contribution in [0.5, 0.6) is 0 Å². The Kier molecular flexibility index (Phi) is 5.55. The first-order chi connectivity index (χ1) is 15.5. The molecule has 1 aliphatic heterocycles. The summed E-state index contributed by atoms with van der Waals surface area (Å²) in [6.45, 7) is 5.76. The molecule has 1 unspecified atom stereocenters. The standard InChI is InChI=1S/C26H29N3O3/c1-15-11-19(16(2)28-22-6-3-9-27-25(22)26(30)31)21-13-20(18-5-4-10-32-14-18)24(17-7-8-17)29-23(21)12-15/h3,6,9,11-13,16-18,28H,4-5,7-8,10,14H2,1-2H3,(H,30,31)/t16-,18?/m1/s1. The lowest BCUT2D eigenvalue weighted by atomic mass is 9.88. The van der Waals surface area contributed by atoms with E-state index in [2.05, 4.69) is 42.3 Å². The van der Waals surface area contributed by atoms with Crippen molar-refractivity contribution >= 4 is 22.6 Å². The zero-order valence-electron chi connectivity index (χ0n) is 18.6. The van der Waals surface area contributed by atoms with Gasteiger partial charge in [-0.05, 0) is 80.5 Å². The third kappa shape index (κ3) is 4.07. The molecule has 2 aromatic heterocycles. The minimum absolute atomic E-state index is 0.0329. The molecule has 3 heterocycles. The van der Waals surface area contributed by atoms with E-state index in [0.717, 1.165) is 48.1 Å². The fraction of sp³-hybridized carbons (Fsp3) is 0.423. The summed E-state index contributed by atoms with van der Waals surface area (Å²) in [6.07, 6.45) is 6.16. The molecule has 1 aliphatic carbocycles. The average Bonchev–Trinajstić information content (AvgIpc) is 3.64. The Balaban J connectivity index is 1.59. The fourth-order valence-corrected chi connectivity index (χ4v) is 4.84. The van der Waals surface area contributed by atoms with E-state index in [0.29, 0.717) is 17.5 Å². The quantitative estimate of drug-likeness (QED) is 0.530. The van der Waals surface area contributed by atoms with Crippen LogP contribution < -0.4 is 5.32 Å². The van der Waals surface area contributed by atoms with Crippen LogP contribution in [-0.2, 0) is 4.74 Å². The van der Waals surface area contributed by atoms with Gasteiger partial charge < -0.3 is 15.2 Å². The van der Waals surface area contributed by atoms with Gasteiger partial charge in [-0.25, -0.2) is 9.78 Å². The lowest BCUT2D eigenvalue weighted by molar-refractivity contribution is 0.0691. The number of nitrogens with one attached hydrogen (secondary N) is 1. The molecule has 2 atom stereocenters. The van der Waals surface area contributed by atoms with Gasteiger partial charge in [-0.15, -0.1) is 0 Å². The maximum absolute atomic E-state index is 11.6. The van der Waals surface area contributed by atoms with Gasteiger partial charge in [-0.1, -0.05) is 6.07 Å². The number of benzene rings is 1. The van der Waals surface area contributed by atoms with Gasteiger partial charge in [0.2, 0.25) is 0 Å². The summed E-state index contributed by atoms with van der Waals surface area (Å²) in [7, 11) is 0. The van der Waals surface area contributed by atoms with Gasteiger partial charge in [0.25, 0.3) is 0 Å². The molecule has 1 aromatic carbocycles. The summed E-state index contributed by atoms with van der Waals surface area (Å²) >= 11 is 0. The number of ether oxygens (including phenoxy) is 1. The van der Waals surface area contributed by atoms with Crippen LogP contribution in [0.3, 0.4) is 0 Å². The Morgan fingerprint density at radius 3 is 2.78 bits per heavy atom. The monoisotopic (exact) mass is 431 g/mol. The number of pyridine rings is 2. The largest absolute Gasteiger partial charge is 0.476 e. The van der Waals surface area contributed by atoms with Gasteiger partial charge in [-0.3, -0.25) is 4.98 Å². The Bertz CT molecular complexity index is 1170. The van der Waals surface area contributed by atoms with Crippen molar-refractivity contribution in [3.8, 4) is 0 Å².